The van der Waals surface area contributed by atoms with Crippen molar-refractivity contribution in [1.82, 2.24) is 20.1 Å². The van der Waals surface area contributed by atoms with Gasteiger partial charge in [-0.15, -0.1) is 0 Å². The van der Waals surface area contributed by atoms with Crippen molar-refractivity contribution < 1.29 is 14.3 Å². The van der Waals surface area contributed by atoms with Gasteiger partial charge in [0.1, 0.15) is 0 Å². The lowest BCUT2D eigenvalue weighted by atomic mass is 10.1. The Morgan fingerprint density at radius 3 is 2.84 bits per heavy atom. The van der Waals surface area contributed by atoms with E-state index in [2.05, 4.69) is 26.1 Å². The molecule has 2 aliphatic rings. The van der Waals surface area contributed by atoms with E-state index in [1.54, 1.807) is 0 Å². The monoisotopic (exact) mass is 429 g/mol. The van der Waals surface area contributed by atoms with E-state index < -0.39 is 0 Å². The molecule has 0 aliphatic carbocycles. The predicted molar refractivity (Wildman–Crippen MR) is 121 cm³/mol. The summed E-state index contributed by atoms with van der Waals surface area (Å²) in [4.78, 5) is 20.6. The predicted octanol–water partition coefficient (Wildman–Crippen LogP) is 3.64. The van der Waals surface area contributed by atoms with E-state index >= 15 is 0 Å². The number of nitrogens with zero attached hydrogens (tertiary/aromatic N) is 3. The first-order chi connectivity index (χ1) is 15.8. The molecule has 1 fully saturated rings. The minimum atomic E-state index is 0.0763. The summed E-state index contributed by atoms with van der Waals surface area (Å²) in [7, 11) is 0. The smallest absolute Gasteiger partial charge is 0.256 e. The first kappa shape index (κ1) is 18.8. The standard InChI is InChI=1S/C24H23N5O3/c30-24(18-14-25-19-5-2-1-4-17(18)19)29-9-3-8-28(10-11-29)23-13-20(26-27-23)16-6-7-21-22(12-16)32-15-31-21/h1-2,4-7,12-14,25H,3,8-11,15H2,(H,26,27). The lowest BCUT2D eigenvalue weighted by molar-refractivity contribution is 0.0769. The van der Waals surface area contributed by atoms with Gasteiger partial charge in [-0.2, -0.15) is 5.10 Å². The van der Waals surface area contributed by atoms with Crippen LogP contribution in [0.25, 0.3) is 22.2 Å². The number of aromatic amines is 2. The van der Waals surface area contributed by atoms with Crippen LogP contribution in [-0.2, 0) is 0 Å². The van der Waals surface area contributed by atoms with Crippen LogP contribution in [0.3, 0.4) is 0 Å². The van der Waals surface area contributed by atoms with Crippen LogP contribution in [-0.4, -0.2) is 59.0 Å². The molecule has 8 heteroatoms. The maximum atomic E-state index is 13.2. The van der Waals surface area contributed by atoms with E-state index in [9.17, 15) is 4.79 Å². The third kappa shape index (κ3) is 3.24. The number of benzene rings is 2. The fourth-order valence-electron chi connectivity index (χ4n) is 4.45. The van der Waals surface area contributed by atoms with Gasteiger partial charge in [-0.25, -0.2) is 0 Å². The van der Waals surface area contributed by atoms with Gasteiger partial charge in [0.25, 0.3) is 5.91 Å². The third-order valence-electron chi connectivity index (χ3n) is 6.17. The molecule has 1 saturated heterocycles. The van der Waals surface area contributed by atoms with Crippen LogP contribution >= 0.6 is 0 Å². The molecule has 2 aromatic carbocycles. The maximum absolute atomic E-state index is 13.2. The van der Waals surface area contributed by atoms with E-state index in [0.29, 0.717) is 6.54 Å². The minimum Gasteiger partial charge on any atom is -0.454 e. The Kier molecular flexibility index (Phi) is 4.49. The Balaban J connectivity index is 1.17. The van der Waals surface area contributed by atoms with Gasteiger partial charge in [0.2, 0.25) is 6.79 Å². The second kappa shape index (κ2) is 7.64. The van der Waals surface area contributed by atoms with Gasteiger partial charge < -0.3 is 24.3 Å². The number of amides is 1. The van der Waals surface area contributed by atoms with Crippen LogP contribution in [0.4, 0.5) is 5.82 Å². The number of rotatable bonds is 3. The van der Waals surface area contributed by atoms with E-state index in [1.807, 2.05) is 53.6 Å². The van der Waals surface area contributed by atoms with Crippen molar-refractivity contribution in [2.75, 3.05) is 37.9 Å². The Labute approximate surface area is 184 Å². The highest BCUT2D eigenvalue weighted by Gasteiger charge is 2.24. The molecule has 2 N–H and O–H groups in total. The zero-order valence-corrected chi connectivity index (χ0v) is 17.5. The molecule has 8 nitrogen and oxygen atoms in total. The van der Waals surface area contributed by atoms with Gasteiger partial charge in [-0.05, 0) is 30.7 Å². The summed E-state index contributed by atoms with van der Waals surface area (Å²) >= 11 is 0. The topological polar surface area (TPSA) is 86.5 Å². The second-order valence-electron chi connectivity index (χ2n) is 8.09. The molecule has 0 bridgehead atoms. The molecule has 162 valence electrons. The molecule has 0 saturated carbocycles. The van der Waals surface area contributed by atoms with E-state index in [0.717, 1.165) is 71.1 Å². The number of carbonyl (C=O) groups is 1. The number of hydrogen-bond acceptors (Lipinski definition) is 5. The zero-order valence-electron chi connectivity index (χ0n) is 17.5. The van der Waals surface area contributed by atoms with Crippen LogP contribution in [0.1, 0.15) is 16.8 Å². The van der Waals surface area contributed by atoms with Crippen molar-refractivity contribution >= 4 is 22.6 Å². The number of aromatic nitrogens is 3. The van der Waals surface area contributed by atoms with Crippen molar-refractivity contribution in [2.24, 2.45) is 0 Å². The quantitative estimate of drug-likeness (QED) is 0.519. The lowest BCUT2D eigenvalue weighted by Crippen LogP contribution is -2.35. The van der Waals surface area contributed by atoms with Crippen LogP contribution in [0.15, 0.2) is 54.7 Å². The minimum absolute atomic E-state index is 0.0763. The molecule has 4 heterocycles. The Hall–Kier alpha value is -3.94. The fraction of sp³-hybridized carbons (Fsp3) is 0.250. The van der Waals surface area contributed by atoms with Crippen molar-refractivity contribution in [3.05, 3.63) is 60.3 Å². The van der Waals surface area contributed by atoms with Crippen LogP contribution in [0.2, 0.25) is 0 Å². The molecule has 4 aromatic rings. The molecule has 0 atom stereocenters. The number of para-hydroxylation sites is 1. The first-order valence-corrected chi connectivity index (χ1v) is 10.8. The molecular formula is C24H23N5O3. The van der Waals surface area contributed by atoms with E-state index in [1.165, 1.54) is 0 Å². The van der Waals surface area contributed by atoms with Crippen LogP contribution < -0.4 is 14.4 Å². The summed E-state index contributed by atoms with van der Waals surface area (Å²) in [5, 5.41) is 8.64. The molecule has 2 aliphatic heterocycles. The fourth-order valence-corrected chi connectivity index (χ4v) is 4.45. The normalized spacial score (nSPS) is 15.9. The molecule has 32 heavy (non-hydrogen) atoms. The summed E-state index contributed by atoms with van der Waals surface area (Å²) in [6, 6.07) is 15.8. The number of hydrogen-bond donors (Lipinski definition) is 2. The average Bonchev–Trinajstić information content (AvgIpc) is 3.55. The molecule has 2 aromatic heterocycles. The number of fused-ring (bicyclic) bond motifs is 2. The lowest BCUT2D eigenvalue weighted by Gasteiger charge is -2.21. The highest BCUT2D eigenvalue weighted by atomic mass is 16.7. The number of ether oxygens (including phenoxy) is 2. The van der Waals surface area contributed by atoms with Gasteiger partial charge >= 0.3 is 0 Å². The van der Waals surface area contributed by atoms with Crippen molar-refractivity contribution in [3.8, 4) is 22.8 Å². The van der Waals surface area contributed by atoms with Crippen molar-refractivity contribution in [1.29, 1.82) is 0 Å². The van der Waals surface area contributed by atoms with Gasteiger partial charge in [-0.1, -0.05) is 18.2 Å². The summed E-state index contributed by atoms with van der Waals surface area (Å²) < 4.78 is 10.9. The number of H-pyrrole nitrogens is 2. The van der Waals surface area contributed by atoms with E-state index in [4.69, 9.17) is 9.47 Å². The SMILES string of the molecule is O=C(c1c[nH]c2ccccc12)N1CCCN(c2cc(-c3ccc4c(c3)OCO4)[nH]n2)CC1. The van der Waals surface area contributed by atoms with Gasteiger partial charge in [0.05, 0.1) is 11.3 Å². The molecule has 1 amide bonds. The van der Waals surface area contributed by atoms with Crippen LogP contribution in [0.5, 0.6) is 11.5 Å². The highest BCUT2D eigenvalue weighted by molar-refractivity contribution is 6.06. The van der Waals surface area contributed by atoms with Gasteiger partial charge in [0, 0.05) is 54.9 Å². The van der Waals surface area contributed by atoms with Gasteiger partial charge in [0.15, 0.2) is 17.3 Å². The second-order valence-corrected chi connectivity index (χ2v) is 8.09. The van der Waals surface area contributed by atoms with E-state index in [-0.39, 0.29) is 12.7 Å². The molecule has 6 rings (SSSR count). The molecule has 0 spiro atoms. The Morgan fingerprint density at radius 1 is 0.969 bits per heavy atom. The summed E-state index contributed by atoms with van der Waals surface area (Å²) in [6.07, 6.45) is 2.71. The third-order valence-corrected chi connectivity index (χ3v) is 6.17. The zero-order chi connectivity index (χ0) is 21.5. The highest BCUT2D eigenvalue weighted by Crippen LogP contribution is 2.36. The average molecular weight is 429 g/mol. The summed E-state index contributed by atoms with van der Waals surface area (Å²) in [6.45, 7) is 3.23. The number of carbonyl (C=O) groups excluding carboxylic acids is 1. The number of anilines is 1. The first-order valence-electron chi connectivity index (χ1n) is 10.8. The maximum Gasteiger partial charge on any atom is 0.256 e. The molecule has 0 radical (unpaired) electrons. The van der Waals surface area contributed by atoms with Crippen molar-refractivity contribution in [3.63, 3.8) is 0 Å². The van der Waals surface area contributed by atoms with Gasteiger partial charge in [-0.3, -0.25) is 9.89 Å². The largest absolute Gasteiger partial charge is 0.454 e. The summed E-state index contributed by atoms with van der Waals surface area (Å²) in [5.74, 6) is 2.48. The van der Waals surface area contributed by atoms with Crippen LogP contribution in [0, 0.1) is 0 Å². The Bertz CT molecular complexity index is 1290. The molecule has 0 unspecified atom stereocenters. The number of nitrogens with one attached hydrogen (secondary N) is 2. The summed E-state index contributed by atoms with van der Waals surface area (Å²) in [5.41, 5.74) is 3.65. The van der Waals surface area contributed by atoms with Crippen molar-refractivity contribution in [2.45, 2.75) is 6.42 Å². The molecular weight excluding hydrogens is 406 g/mol. The Morgan fingerprint density at radius 2 is 1.88 bits per heavy atom.